The van der Waals surface area contributed by atoms with Crippen LogP contribution in [0.4, 0.5) is 0 Å². The number of oxime groups is 1. The molecule has 3 rings (SSSR count). The zero-order valence-corrected chi connectivity index (χ0v) is 9.23. The fraction of sp³-hybridized carbons (Fsp3) is 0.462. The molecular formula is C13H16N2O. The number of hydrogen-bond donors (Lipinski definition) is 1. The second-order valence-corrected chi connectivity index (χ2v) is 4.57. The third-order valence-corrected chi connectivity index (χ3v) is 3.28. The lowest BCUT2D eigenvalue weighted by Gasteiger charge is -2.07. The van der Waals surface area contributed by atoms with Gasteiger partial charge in [-0.2, -0.15) is 0 Å². The van der Waals surface area contributed by atoms with Crippen molar-refractivity contribution in [2.75, 3.05) is 6.54 Å². The van der Waals surface area contributed by atoms with Crippen molar-refractivity contribution in [1.29, 1.82) is 0 Å². The van der Waals surface area contributed by atoms with Crippen molar-refractivity contribution in [2.45, 2.75) is 31.3 Å². The lowest BCUT2D eigenvalue weighted by Crippen LogP contribution is -2.20. The molecule has 3 heteroatoms. The van der Waals surface area contributed by atoms with Crippen LogP contribution in [-0.4, -0.2) is 18.4 Å². The Hall–Kier alpha value is -1.35. The van der Waals surface area contributed by atoms with Crippen molar-refractivity contribution in [3.05, 3.63) is 35.4 Å². The van der Waals surface area contributed by atoms with E-state index in [1.807, 2.05) is 0 Å². The molecule has 0 spiro atoms. The molecule has 1 aliphatic heterocycles. The van der Waals surface area contributed by atoms with E-state index >= 15 is 0 Å². The molecule has 0 saturated heterocycles. The summed E-state index contributed by atoms with van der Waals surface area (Å²) in [5.74, 6) is 0.746. The molecule has 1 heterocycles. The summed E-state index contributed by atoms with van der Waals surface area (Å²) in [7, 11) is 0. The molecule has 2 aliphatic rings. The molecule has 0 amide bonds. The number of hydrogen-bond acceptors (Lipinski definition) is 3. The minimum absolute atomic E-state index is 0.0715. The molecule has 0 radical (unpaired) electrons. The standard InChI is InChI=1S/C13H16N2O/c14-8-10-7-13(15-16-10)12-4-2-1-3-11(12)9-5-6-9/h1-4,9-10H,5-8,14H2. The van der Waals surface area contributed by atoms with E-state index in [4.69, 9.17) is 10.6 Å². The molecule has 0 aromatic heterocycles. The van der Waals surface area contributed by atoms with Crippen molar-refractivity contribution >= 4 is 5.71 Å². The highest BCUT2D eigenvalue weighted by atomic mass is 16.6. The van der Waals surface area contributed by atoms with Gasteiger partial charge in [0.2, 0.25) is 0 Å². The highest BCUT2D eigenvalue weighted by Crippen LogP contribution is 2.42. The van der Waals surface area contributed by atoms with Crippen LogP contribution in [-0.2, 0) is 4.84 Å². The van der Waals surface area contributed by atoms with Gasteiger partial charge in [0, 0.05) is 18.5 Å². The Balaban J connectivity index is 1.89. The van der Waals surface area contributed by atoms with Gasteiger partial charge in [-0.3, -0.25) is 0 Å². The summed E-state index contributed by atoms with van der Waals surface area (Å²) in [5.41, 5.74) is 9.35. The Morgan fingerprint density at radius 1 is 1.31 bits per heavy atom. The van der Waals surface area contributed by atoms with Crippen LogP contribution in [0.2, 0.25) is 0 Å². The molecule has 1 saturated carbocycles. The van der Waals surface area contributed by atoms with Crippen LogP contribution in [0, 0.1) is 0 Å². The number of rotatable bonds is 3. The van der Waals surface area contributed by atoms with E-state index in [2.05, 4.69) is 29.4 Å². The first-order valence-electron chi connectivity index (χ1n) is 5.90. The van der Waals surface area contributed by atoms with E-state index in [1.54, 1.807) is 0 Å². The number of nitrogens with zero attached hydrogens (tertiary/aromatic N) is 1. The largest absolute Gasteiger partial charge is 0.390 e. The topological polar surface area (TPSA) is 47.6 Å². The highest BCUT2D eigenvalue weighted by Gasteiger charge is 2.29. The molecule has 1 fully saturated rings. The first-order valence-corrected chi connectivity index (χ1v) is 5.90. The Morgan fingerprint density at radius 2 is 2.12 bits per heavy atom. The second-order valence-electron chi connectivity index (χ2n) is 4.57. The molecule has 3 nitrogen and oxygen atoms in total. The van der Waals surface area contributed by atoms with E-state index in [1.165, 1.54) is 24.0 Å². The zero-order chi connectivity index (χ0) is 11.0. The summed E-state index contributed by atoms with van der Waals surface area (Å²) in [6, 6.07) is 8.54. The maximum absolute atomic E-state index is 5.59. The van der Waals surface area contributed by atoms with Crippen LogP contribution < -0.4 is 5.73 Å². The van der Waals surface area contributed by atoms with Gasteiger partial charge < -0.3 is 10.6 Å². The SMILES string of the molecule is NCC1CC(c2ccccc2C2CC2)=NO1. The molecule has 1 aliphatic carbocycles. The molecule has 1 atom stereocenters. The quantitative estimate of drug-likeness (QED) is 0.840. The lowest BCUT2D eigenvalue weighted by atomic mass is 9.97. The third kappa shape index (κ3) is 1.71. The monoisotopic (exact) mass is 216 g/mol. The molecule has 2 N–H and O–H groups in total. The smallest absolute Gasteiger partial charge is 0.145 e. The van der Waals surface area contributed by atoms with Gasteiger partial charge in [-0.15, -0.1) is 0 Å². The van der Waals surface area contributed by atoms with Crippen LogP contribution >= 0.6 is 0 Å². The fourth-order valence-electron chi connectivity index (χ4n) is 2.22. The molecule has 84 valence electrons. The molecule has 1 unspecified atom stereocenters. The Bertz CT molecular complexity index is 424. The van der Waals surface area contributed by atoms with Gasteiger partial charge >= 0.3 is 0 Å². The predicted molar refractivity (Wildman–Crippen MR) is 63.5 cm³/mol. The average molecular weight is 216 g/mol. The molecule has 16 heavy (non-hydrogen) atoms. The summed E-state index contributed by atoms with van der Waals surface area (Å²) in [6.07, 6.45) is 3.54. The Morgan fingerprint density at radius 3 is 2.81 bits per heavy atom. The third-order valence-electron chi connectivity index (χ3n) is 3.28. The van der Waals surface area contributed by atoms with Crippen molar-refractivity contribution in [2.24, 2.45) is 10.9 Å². The first-order chi connectivity index (χ1) is 7.88. The zero-order valence-electron chi connectivity index (χ0n) is 9.23. The van der Waals surface area contributed by atoms with Gasteiger partial charge in [-0.1, -0.05) is 29.4 Å². The van der Waals surface area contributed by atoms with Gasteiger partial charge in [-0.25, -0.2) is 0 Å². The minimum atomic E-state index is 0.0715. The van der Waals surface area contributed by atoms with E-state index in [-0.39, 0.29) is 6.10 Å². The Labute approximate surface area is 95.3 Å². The van der Waals surface area contributed by atoms with Crippen LogP contribution in [0.5, 0.6) is 0 Å². The molecule has 1 aromatic carbocycles. The van der Waals surface area contributed by atoms with Gasteiger partial charge in [0.05, 0.1) is 5.71 Å². The fourth-order valence-corrected chi connectivity index (χ4v) is 2.22. The summed E-state index contributed by atoms with van der Waals surface area (Å²) in [6.45, 7) is 0.540. The van der Waals surface area contributed by atoms with Gasteiger partial charge in [0.1, 0.15) is 6.10 Å². The molecular weight excluding hydrogens is 200 g/mol. The van der Waals surface area contributed by atoms with Crippen LogP contribution in [0.15, 0.2) is 29.4 Å². The summed E-state index contributed by atoms with van der Waals surface area (Å²) >= 11 is 0. The summed E-state index contributed by atoms with van der Waals surface area (Å²) in [4.78, 5) is 5.29. The minimum Gasteiger partial charge on any atom is -0.390 e. The van der Waals surface area contributed by atoms with E-state index in [9.17, 15) is 0 Å². The Kier molecular flexibility index (Phi) is 2.40. The van der Waals surface area contributed by atoms with Crippen LogP contribution in [0.1, 0.15) is 36.3 Å². The van der Waals surface area contributed by atoms with Crippen molar-refractivity contribution < 1.29 is 4.84 Å². The van der Waals surface area contributed by atoms with Gasteiger partial charge in [-0.05, 0) is 24.3 Å². The molecule has 0 bridgehead atoms. The van der Waals surface area contributed by atoms with Crippen LogP contribution in [0.3, 0.4) is 0 Å². The second kappa shape index (κ2) is 3.91. The maximum Gasteiger partial charge on any atom is 0.145 e. The first kappa shape index (κ1) is 9.85. The predicted octanol–water partition coefficient (Wildman–Crippen LogP) is 2.02. The van der Waals surface area contributed by atoms with Gasteiger partial charge in [0.25, 0.3) is 0 Å². The van der Waals surface area contributed by atoms with Gasteiger partial charge in [0.15, 0.2) is 0 Å². The van der Waals surface area contributed by atoms with Crippen molar-refractivity contribution in [3.8, 4) is 0 Å². The van der Waals surface area contributed by atoms with E-state index < -0.39 is 0 Å². The van der Waals surface area contributed by atoms with E-state index in [0.717, 1.165) is 18.1 Å². The maximum atomic E-state index is 5.59. The normalized spacial score (nSPS) is 24.1. The lowest BCUT2D eigenvalue weighted by molar-refractivity contribution is 0.0918. The summed E-state index contributed by atoms with van der Waals surface area (Å²) in [5, 5.41) is 4.17. The average Bonchev–Trinajstić information content (AvgIpc) is 3.07. The summed E-state index contributed by atoms with van der Waals surface area (Å²) < 4.78 is 0. The number of benzene rings is 1. The van der Waals surface area contributed by atoms with Crippen molar-refractivity contribution in [1.82, 2.24) is 0 Å². The van der Waals surface area contributed by atoms with Crippen LogP contribution in [0.25, 0.3) is 0 Å². The van der Waals surface area contributed by atoms with Crippen molar-refractivity contribution in [3.63, 3.8) is 0 Å². The highest BCUT2D eigenvalue weighted by molar-refractivity contribution is 6.02. The number of nitrogens with two attached hydrogens (primary N) is 1. The van der Waals surface area contributed by atoms with E-state index in [0.29, 0.717) is 6.54 Å². The molecule has 1 aromatic rings.